The second-order valence-electron chi connectivity index (χ2n) is 5.20. The Labute approximate surface area is 144 Å². The number of rotatable bonds is 5. The summed E-state index contributed by atoms with van der Waals surface area (Å²) in [6, 6.07) is 5.62. The minimum Gasteiger partial charge on any atom is -0.490 e. The van der Waals surface area contributed by atoms with Crippen LogP contribution in [0.4, 0.5) is 5.69 Å². The Kier molecular flexibility index (Phi) is 5.50. The minimum atomic E-state index is 0.325. The van der Waals surface area contributed by atoms with Gasteiger partial charge in [-0.25, -0.2) is 9.98 Å². The predicted octanol–water partition coefficient (Wildman–Crippen LogP) is 2.38. The molecular formula is C16H20N4O3S. The largest absolute Gasteiger partial charge is 0.490 e. The normalized spacial score (nSPS) is 14.3. The summed E-state index contributed by atoms with van der Waals surface area (Å²) in [5, 5.41) is 5.94. The van der Waals surface area contributed by atoms with E-state index in [1.807, 2.05) is 23.6 Å². The van der Waals surface area contributed by atoms with Crippen LogP contribution in [0.5, 0.6) is 11.5 Å². The Hall–Kier alpha value is -2.32. The summed E-state index contributed by atoms with van der Waals surface area (Å²) in [4.78, 5) is 8.72. The molecule has 1 aromatic heterocycles. The molecule has 1 aliphatic rings. The molecule has 0 saturated heterocycles. The van der Waals surface area contributed by atoms with E-state index in [9.17, 15) is 0 Å². The molecule has 24 heavy (non-hydrogen) atoms. The molecule has 0 amide bonds. The number of aromatic nitrogens is 1. The molecule has 0 bridgehead atoms. The molecule has 3 N–H and O–H groups in total. The van der Waals surface area contributed by atoms with Crippen LogP contribution in [-0.2, 0) is 17.9 Å². The van der Waals surface area contributed by atoms with Crippen molar-refractivity contribution in [2.75, 3.05) is 25.6 Å². The molecule has 8 heteroatoms. The Morgan fingerprint density at radius 2 is 2.21 bits per heavy atom. The first kappa shape index (κ1) is 16.5. The van der Waals surface area contributed by atoms with Gasteiger partial charge in [0, 0.05) is 30.7 Å². The first-order valence-electron chi connectivity index (χ1n) is 7.63. The van der Waals surface area contributed by atoms with Gasteiger partial charge in [0.2, 0.25) is 0 Å². The third kappa shape index (κ3) is 4.36. The van der Waals surface area contributed by atoms with Gasteiger partial charge >= 0.3 is 0 Å². The molecular weight excluding hydrogens is 328 g/mol. The molecule has 1 aromatic carbocycles. The van der Waals surface area contributed by atoms with E-state index in [1.54, 1.807) is 18.4 Å². The number of benzene rings is 1. The number of nitrogens with two attached hydrogens (primary N) is 1. The molecule has 128 valence electrons. The van der Waals surface area contributed by atoms with Gasteiger partial charge in [-0.1, -0.05) is 0 Å². The van der Waals surface area contributed by atoms with Crippen molar-refractivity contribution in [1.82, 2.24) is 4.98 Å². The standard InChI is InChI=1S/C16H20N4O3S/c1-21-9-15-19-12(10-24-15)8-18-16(17)20-11-3-4-13-14(7-11)23-6-2-5-22-13/h3-4,7,10H,2,5-6,8-9H2,1H3,(H3,17,18,20). The smallest absolute Gasteiger partial charge is 0.193 e. The van der Waals surface area contributed by atoms with E-state index in [1.165, 1.54) is 0 Å². The number of aliphatic imine (C=N–C) groups is 1. The van der Waals surface area contributed by atoms with E-state index in [-0.39, 0.29) is 0 Å². The fourth-order valence-electron chi connectivity index (χ4n) is 2.21. The highest BCUT2D eigenvalue weighted by molar-refractivity contribution is 7.09. The number of thiazole rings is 1. The van der Waals surface area contributed by atoms with Crippen LogP contribution in [0.25, 0.3) is 0 Å². The maximum Gasteiger partial charge on any atom is 0.193 e. The van der Waals surface area contributed by atoms with Crippen molar-refractivity contribution in [2.45, 2.75) is 19.6 Å². The molecule has 0 fully saturated rings. The number of fused-ring (bicyclic) bond motifs is 1. The van der Waals surface area contributed by atoms with Crippen LogP contribution in [0.1, 0.15) is 17.1 Å². The van der Waals surface area contributed by atoms with Gasteiger partial charge in [0.05, 0.1) is 32.1 Å². The van der Waals surface area contributed by atoms with Gasteiger partial charge in [-0.05, 0) is 12.1 Å². The second kappa shape index (κ2) is 7.98. The van der Waals surface area contributed by atoms with Crippen LogP contribution in [0.3, 0.4) is 0 Å². The van der Waals surface area contributed by atoms with Gasteiger partial charge in [0.25, 0.3) is 0 Å². The lowest BCUT2D eigenvalue weighted by Crippen LogP contribution is -2.22. The van der Waals surface area contributed by atoms with Gasteiger partial charge < -0.3 is 25.3 Å². The molecule has 0 aliphatic carbocycles. The predicted molar refractivity (Wildman–Crippen MR) is 93.8 cm³/mol. The molecule has 0 spiro atoms. The second-order valence-corrected chi connectivity index (χ2v) is 6.15. The fourth-order valence-corrected chi connectivity index (χ4v) is 2.96. The third-order valence-corrected chi connectivity index (χ3v) is 4.17. The lowest BCUT2D eigenvalue weighted by molar-refractivity contribution is 0.184. The molecule has 7 nitrogen and oxygen atoms in total. The zero-order valence-electron chi connectivity index (χ0n) is 13.4. The van der Waals surface area contributed by atoms with E-state index in [0.717, 1.165) is 28.6 Å². The van der Waals surface area contributed by atoms with Crippen molar-refractivity contribution in [3.63, 3.8) is 0 Å². The number of nitrogens with one attached hydrogen (secondary N) is 1. The number of hydrogen-bond acceptors (Lipinski definition) is 6. The third-order valence-electron chi connectivity index (χ3n) is 3.30. The van der Waals surface area contributed by atoms with Crippen molar-refractivity contribution < 1.29 is 14.2 Å². The van der Waals surface area contributed by atoms with Crippen LogP contribution in [0.2, 0.25) is 0 Å². The number of nitrogens with zero attached hydrogens (tertiary/aromatic N) is 2. The number of guanidine groups is 1. The van der Waals surface area contributed by atoms with Crippen LogP contribution < -0.4 is 20.5 Å². The molecule has 0 saturated carbocycles. The topological polar surface area (TPSA) is 91.0 Å². The number of hydrogen-bond donors (Lipinski definition) is 2. The first-order valence-corrected chi connectivity index (χ1v) is 8.51. The molecule has 0 unspecified atom stereocenters. The zero-order valence-corrected chi connectivity index (χ0v) is 14.3. The van der Waals surface area contributed by atoms with Crippen molar-refractivity contribution in [3.8, 4) is 11.5 Å². The van der Waals surface area contributed by atoms with Crippen LogP contribution >= 0.6 is 11.3 Å². The van der Waals surface area contributed by atoms with Crippen LogP contribution in [0, 0.1) is 0 Å². The summed E-state index contributed by atoms with van der Waals surface area (Å²) >= 11 is 1.55. The average Bonchev–Trinajstić information content (AvgIpc) is 2.89. The lowest BCUT2D eigenvalue weighted by atomic mass is 10.3. The SMILES string of the molecule is COCc1nc(CN=C(N)Nc2ccc3c(c2)OCCCO3)cs1. The summed E-state index contributed by atoms with van der Waals surface area (Å²) in [7, 11) is 1.65. The highest BCUT2D eigenvalue weighted by Crippen LogP contribution is 2.32. The monoisotopic (exact) mass is 348 g/mol. The molecule has 2 heterocycles. The molecule has 3 rings (SSSR count). The Morgan fingerprint density at radius 3 is 3.04 bits per heavy atom. The minimum absolute atomic E-state index is 0.325. The number of anilines is 1. The fraction of sp³-hybridized carbons (Fsp3) is 0.375. The molecule has 2 aromatic rings. The summed E-state index contributed by atoms with van der Waals surface area (Å²) in [6.07, 6.45) is 0.875. The van der Waals surface area contributed by atoms with E-state index in [2.05, 4.69) is 15.3 Å². The Balaban J connectivity index is 1.61. The number of ether oxygens (including phenoxy) is 3. The average molecular weight is 348 g/mol. The summed E-state index contributed by atoms with van der Waals surface area (Å²) in [5.41, 5.74) is 7.62. The van der Waals surface area contributed by atoms with Gasteiger partial charge in [0.15, 0.2) is 17.5 Å². The summed E-state index contributed by atoms with van der Waals surface area (Å²) in [6.45, 7) is 2.25. The number of methoxy groups -OCH3 is 1. The van der Waals surface area contributed by atoms with Crippen molar-refractivity contribution in [2.24, 2.45) is 10.7 Å². The van der Waals surface area contributed by atoms with Gasteiger partial charge in [-0.2, -0.15) is 0 Å². The van der Waals surface area contributed by atoms with Crippen molar-refractivity contribution in [1.29, 1.82) is 0 Å². The zero-order chi connectivity index (χ0) is 16.8. The van der Waals surface area contributed by atoms with E-state index < -0.39 is 0 Å². The maximum absolute atomic E-state index is 5.94. The van der Waals surface area contributed by atoms with Crippen molar-refractivity contribution in [3.05, 3.63) is 34.3 Å². The lowest BCUT2D eigenvalue weighted by Gasteiger charge is -2.10. The quantitative estimate of drug-likeness (QED) is 0.637. The van der Waals surface area contributed by atoms with E-state index in [0.29, 0.717) is 38.1 Å². The first-order chi connectivity index (χ1) is 11.7. The highest BCUT2D eigenvalue weighted by atomic mass is 32.1. The molecule has 0 atom stereocenters. The van der Waals surface area contributed by atoms with Gasteiger partial charge in [-0.3, -0.25) is 0 Å². The highest BCUT2D eigenvalue weighted by Gasteiger charge is 2.11. The van der Waals surface area contributed by atoms with Gasteiger partial charge in [-0.15, -0.1) is 11.3 Å². The maximum atomic E-state index is 5.94. The van der Waals surface area contributed by atoms with Crippen LogP contribution in [-0.4, -0.2) is 31.3 Å². The Bertz CT molecular complexity index is 717. The van der Waals surface area contributed by atoms with Crippen LogP contribution in [0.15, 0.2) is 28.6 Å². The van der Waals surface area contributed by atoms with E-state index >= 15 is 0 Å². The van der Waals surface area contributed by atoms with Gasteiger partial charge in [0.1, 0.15) is 5.01 Å². The summed E-state index contributed by atoms with van der Waals surface area (Å²) in [5.74, 6) is 1.79. The van der Waals surface area contributed by atoms with Crippen molar-refractivity contribution >= 4 is 23.0 Å². The van der Waals surface area contributed by atoms with E-state index in [4.69, 9.17) is 19.9 Å². The Morgan fingerprint density at radius 1 is 1.38 bits per heavy atom. The molecule has 1 aliphatic heterocycles. The molecule has 0 radical (unpaired) electrons. The summed E-state index contributed by atoms with van der Waals surface area (Å²) < 4.78 is 16.3.